The molecule has 1 N–H and O–H groups in total. The van der Waals surface area contributed by atoms with Crippen LogP contribution in [0, 0.1) is 17.1 Å². The van der Waals surface area contributed by atoms with Crippen LogP contribution in [0.1, 0.15) is 5.69 Å². The van der Waals surface area contributed by atoms with E-state index in [1.54, 1.807) is 24.3 Å². The summed E-state index contributed by atoms with van der Waals surface area (Å²) in [6, 6.07) is 11.0. The lowest BCUT2D eigenvalue weighted by Gasteiger charge is -2.06. The number of nitrogens with zero attached hydrogens (tertiary/aromatic N) is 2. The van der Waals surface area contributed by atoms with Crippen LogP contribution in [-0.2, 0) is 0 Å². The molecule has 17 heavy (non-hydrogen) atoms. The van der Waals surface area contributed by atoms with Crippen molar-refractivity contribution in [2.24, 2.45) is 0 Å². The van der Waals surface area contributed by atoms with Gasteiger partial charge < -0.3 is 5.32 Å². The molecule has 0 radical (unpaired) electrons. The molecule has 2 aromatic rings. The van der Waals surface area contributed by atoms with Crippen molar-refractivity contribution >= 4 is 23.1 Å². The molecule has 0 unspecified atom stereocenters. The predicted octanol–water partition coefficient (Wildman–Crippen LogP) is 3.49. The third-order valence-corrected chi connectivity index (χ3v) is 2.22. The molecule has 0 atom stereocenters. The van der Waals surface area contributed by atoms with Gasteiger partial charge in [0, 0.05) is 10.7 Å². The fraction of sp³-hybridized carbons (Fsp3) is 0. The van der Waals surface area contributed by atoms with Gasteiger partial charge in [0.05, 0.1) is 0 Å². The summed E-state index contributed by atoms with van der Waals surface area (Å²) in [5.41, 5.74) is 0.773. The van der Waals surface area contributed by atoms with Crippen LogP contribution in [0.25, 0.3) is 0 Å². The van der Waals surface area contributed by atoms with Gasteiger partial charge in [-0.15, -0.1) is 0 Å². The normalized spacial score (nSPS) is 9.71. The van der Waals surface area contributed by atoms with E-state index in [0.717, 1.165) is 0 Å². The number of nitrogens with one attached hydrogen (secondary N) is 1. The third-order valence-electron chi connectivity index (χ3n) is 2.00. The fourth-order valence-corrected chi connectivity index (χ4v) is 1.56. The van der Waals surface area contributed by atoms with E-state index in [0.29, 0.717) is 16.5 Å². The SMILES string of the molecule is N#Cc1cccc(Nc2cc(F)cc(Cl)c2)n1. The molecule has 0 saturated carbocycles. The minimum atomic E-state index is -0.434. The Bertz CT molecular complexity index is 572. The first kappa shape index (κ1) is 11.4. The first-order valence-corrected chi connectivity index (χ1v) is 5.15. The van der Waals surface area contributed by atoms with Crippen molar-refractivity contribution in [3.05, 3.63) is 52.9 Å². The molecule has 0 aliphatic carbocycles. The summed E-state index contributed by atoms with van der Waals surface area (Å²) in [6.07, 6.45) is 0. The minimum absolute atomic E-state index is 0.289. The first-order valence-electron chi connectivity index (χ1n) is 4.77. The Hall–Kier alpha value is -2.12. The largest absolute Gasteiger partial charge is 0.340 e. The van der Waals surface area contributed by atoms with Crippen LogP contribution in [0.5, 0.6) is 0 Å². The van der Waals surface area contributed by atoms with Crippen molar-refractivity contribution in [3.63, 3.8) is 0 Å². The molecule has 1 heterocycles. The van der Waals surface area contributed by atoms with Crippen molar-refractivity contribution in [3.8, 4) is 6.07 Å². The summed E-state index contributed by atoms with van der Waals surface area (Å²) >= 11 is 5.72. The molecule has 5 heteroatoms. The van der Waals surface area contributed by atoms with Gasteiger partial charge in [-0.2, -0.15) is 5.26 Å². The van der Waals surface area contributed by atoms with E-state index in [4.69, 9.17) is 16.9 Å². The topological polar surface area (TPSA) is 48.7 Å². The van der Waals surface area contributed by atoms with Gasteiger partial charge in [0.2, 0.25) is 0 Å². The average molecular weight is 248 g/mol. The van der Waals surface area contributed by atoms with Crippen LogP contribution in [0.15, 0.2) is 36.4 Å². The van der Waals surface area contributed by atoms with E-state index in [2.05, 4.69) is 10.3 Å². The lowest BCUT2D eigenvalue weighted by molar-refractivity contribution is 0.628. The Morgan fingerprint density at radius 1 is 1.29 bits per heavy atom. The predicted molar refractivity (Wildman–Crippen MR) is 63.6 cm³/mol. The number of halogens is 2. The average Bonchev–Trinajstić information content (AvgIpc) is 2.28. The van der Waals surface area contributed by atoms with Gasteiger partial charge in [-0.25, -0.2) is 9.37 Å². The van der Waals surface area contributed by atoms with Gasteiger partial charge in [0.15, 0.2) is 0 Å². The van der Waals surface area contributed by atoms with Crippen molar-refractivity contribution < 1.29 is 4.39 Å². The molecule has 1 aromatic carbocycles. The Kier molecular flexibility index (Phi) is 3.22. The molecule has 0 spiro atoms. The monoisotopic (exact) mass is 247 g/mol. The summed E-state index contributed by atoms with van der Waals surface area (Å²) in [4.78, 5) is 4.01. The quantitative estimate of drug-likeness (QED) is 0.884. The molecule has 0 amide bonds. The zero-order valence-corrected chi connectivity index (χ0v) is 9.37. The molecule has 0 aliphatic rings. The Labute approximate surface area is 102 Å². The summed E-state index contributed by atoms with van der Waals surface area (Å²) in [5, 5.41) is 11.9. The zero-order valence-electron chi connectivity index (χ0n) is 8.61. The lowest BCUT2D eigenvalue weighted by atomic mass is 10.3. The lowest BCUT2D eigenvalue weighted by Crippen LogP contribution is -1.95. The molecule has 0 saturated heterocycles. The third kappa shape index (κ3) is 2.92. The second kappa shape index (κ2) is 4.81. The van der Waals surface area contributed by atoms with Crippen molar-refractivity contribution in [1.29, 1.82) is 5.26 Å². The highest BCUT2D eigenvalue weighted by atomic mass is 35.5. The molecule has 84 valence electrons. The summed E-state index contributed by atoms with van der Waals surface area (Å²) < 4.78 is 13.1. The highest BCUT2D eigenvalue weighted by Crippen LogP contribution is 2.21. The van der Waals surface area contributed by atoms with Crippen LogP contribution in [0.3, 0.4) is 0 Å². The number of anilines is 2. The maximum absolute atomic E-state index is 13.1. The summed E-state index contributed by atoms with van der Waals surface area (Å²) in [5.74, 6) is 0.0298. The molecule has 0 fully saturated rings. The fourth-order valence-electron chi connectivity index (χ4n) is 1.34. The van der Waals surface area contributed by atoms with E-state index in [9.17, 15) is 4.39 Å². The smallest absolute Gasteiger partial charge is 0.142 e. The summed E-state index contributed by atoms with van der Waals surface area (Å²) in [7, 11) is 0. The second-order valence-electron chi connectivity index (χ2n) is 3.30. The molecule has 0 aliphatic heterocycles. The number of hydrogen-bond donors (Lipinski definition) is 1. The molecule has 1 aromatic heterocycles. The van der Waals surface area contributed by atoms with Crippen LogP contribution < -0.4 is 5.32 Å². The zero-order chi connectivity index (χ0) is 12.3. The molecule has 0 bridgehead atoms. The van der Waals surface area contributed by atoms with Gasteiger partial charge >= 0.3 is 0 Å². The van der Waals surface area contributed by atoms with Gasteiger partial charge in [-0.3, -0.25) is 0 Å². The highest BCUT2D eigenvalue weighted by Gasteiger charge is 2.01. The van der Waals surface area contributed by atoms with Crippen LogP contribution in [0.2, 0.25) is 5.02 Å². The van der Waals surface area contributed by atoms with Crippen molar-refractivity contribution in [1.82, 2.24) is 4.98 Å². The van der Waals surface area contributed by atoms with E-state index < -0.39 is 5.82 Å². The highest BCUT2D eigenvalue weighted by molar-refractivity contribution is 6.30. The van der Waals surface area contributed by atoms with Crippen LogP contribution >= 0.6 is 11.6 Å². The maximum atomic E-state index is 13.1. The second-order valence-corrected chi connectivity index (χ2v) is 3.74. The molecular formula is C12H7ClFN3. The van der Waals surface area contributed by atoms with E-state index >= 15 is 0 Å². The number of pyridine rings is 1. The summed E-state index contributed by atoms with van der Waals surface area (Å²) in [6.45, 7) is 0. The van der Waals surface area contributed by atoms with Crippen LogP contribution in [-0.4, -0.2) is 4.98 Å². The van der Waals surface area contributed by atoms with Gasteiger partial charge in [-0.05, 0) is 30.3 Å². The van der Waals surface area contributed by atoms with Gasteiger partial charge in [0.1, 0.15) is 23.4 Å². The Balaban J connectivity index is 2.28. The first-order chi connectivity index (χ1) is 8.17. The molecule has 3 nitrogen and oxygen atoms in total. The van der Waals surface area contributed by atoms with E-state index in [-0.39, 0.29) is 5.69 Å². The van der Waals surface area contributed by atoms with Crippen molar-refractivity contribution in [2.45, 2.75) is 0 Å². The standard InChI is InChI=1S/C12H7ClFN3/c13-8-4-9(14)6-11(5-8)17-12-3-1-2-10(7-15)16-12/h1-6H,(H,16,17). The van der Waals surface area contributed by atoms with Gasteiger partial charge in [-0.1, -0.05) is 17.7 Å². The number of rotatable bonds is 2. The maximum Gasteiger partial charge on any atom is 0.142 e. The molecule has 2 rings (SSSR count). The van der Waals surface area contributed by atoms with Gasteiger partial charge in [0.25, 0.3) is 0 Å². The number of benzene rings is 1. The Morgan fingerprint density at radius 2 is 2.12 bits per heavy atom. The molecular weight excluding hydrogens is 241 g/mol. The number of hydrogen-bond acceptors (Lipinski definition) is 3. The van der Waals surface area contributed by atoms with Crippen molar-refractivity contribution in [2.75, 3.05) is 5.32 Å². The number of aromatic nitrogens is 1. The van der Waals surface area contributed by atoms with E-state index in [1.807, 2.05) is 6.07 Å². The number of nitriles is 1. The van der Waals surface area contributed by atoms with Crippen LogP contribution in [0.4, 0.5) is 15.9 Å². The van der Waals surface area contributed by atoms with E-state index in [1.165, 1.54) is 12.1 Å². The minimum Gasteiger partial charge on any atom is -0.340 e. The Morgan fingerprint density at radius 3 is 2.82 bits per heavy atom.